The Hall–Kier alpha value is -2.10. The van der Waals surface area contributed by atoms with E-state index in [-0.39, 0.29) is 17.0 Å². The van der Waals surface area contributed by atoms with Gasteiger partial charge in [-0.25, -0.2) is 17.6 Å². The van der Waals surface area contributed by atoms with Gasteiger partial charge in [-0.1, -0.05) is 50.8 Å². The molecule has 2 fully saturated rings. The lowest BCUT2D eigenvalue weighted by Crippen LogP contribution is -2.18. The molecule has 2 aromatic carbocycles. The Morgan fingerprint density at radius 2 is 1.32 bits per heavy atom. The maximum atomic E-state index is 15.4. The highest BCUT2D eigenvalue weighted by Crippen LogP contribution is 2.47. The van der Waals surface area contributed by atoms with Crippen molar-refractivity contribution in [2.75, 3.05) is 0 Å². The van der Waals surface area contributed by atoms with Crippen LogP contribution in [0.15, 0.2) is 24.8 Å². The second-order valence-corrected chi connectivity index (χ2v) is 12.3. The third kappa shape index (κ3) is 5.47. The van der Waals surface area contributed by atoms with Crippen LogP contribution in [0.5, 0.6) is 0 Å². The van der Waals surface area contributed by atoms with Gasteiger partial charge in [0.2, 0.25) is 0 Å². The predicted octanol–water partition coefficient (Wildman–Crippen LogP) is 10.6. The Bertz CT molecular complexity index is 1150. The summed E-state index contributed by atoms with van der Waals surface area (Å²) in [7, 11) is 0. The molecule has 0 aliphatic heterocycles. The SMILES string of the molecule is C=CC1CCC(CCC2CCC(c3cc4c(c(F)c3F)-c3c(cc(CCCCC)c(F)c3F)C4)CC2)CC1. The van der Waals surface area contributed by atoms with Crippen molar-refractivity contribution in [2.24, 2.45) is 17.8 Å². The number of halogens is 4. The summed E-state index contributed by atoms with van der Waals surface area (Å²) < 4.78 is 60.8. The smallest absolute Gasteiger partial charge is 0.167 e. The van der Waals surface area contributed by atoms with Crippen LogP contribution in [0.25, 0.3) is 11.1 Å². The van der Waals surface area contributed by atoms with Crippen molar-refractivity contribution in [1.29, 1.82) is 0 Å². The second kappa shape index (κ2) is 12.0. The highest BCUT2D eigenvalue weighted by Gasteiger charge is 2.34. The molecule has 0 amide bonds. The summed E-state index contributed by atoms with van der Waals surface area (Å²) in [6.45, 7) is 6.01. The molecule has 3 aliphatic carbocycles. The lowest BCUT2D eigenvalue weighted by Gasteiger charge is -2.32. The molecule has 2 aromatic rings. The number of benzene rings is 2. The molecule has 0 aromatic heterocycles. The quantitative estimate of drug-likeness (QED) is 0.148. The molecule has 0 bridgehead atoms. The third-order valence-electron chi connectivity index (χ3n) is 9.86. The minimum Gasteiger partial charge on any atom is -0.203 e. The van der Waals surface area contributed by atoms with Gasteiger partial charge in [-0.3, -0.25) is 0 Å². The van der Waals surface area contributed by atoms with E-state index in [1.807, 2.05) is 0 Å². The van der Waals surface area contributed by atoms with E-state index in [1.165, 1.54) is 38.5 Å². The van der Waals surface area contributed by atoms with E-state index < -0.39 is 23.3 Å². The molecule has 3 aliphatic rings. The normalized spacial score (nSPS) is 24.8. The van der Waals surface area contributed by atoms with Gasteiger partial charge in [-0.15, -0.1) is 6.58 Å². The number of fused-ring (bicyclic) bond motifs is 3. The van der Waals surface area contributed by atoms with Gasteiger partial charge in [-0.05, 0) is 117 Å². The summed E-state index contributed by atoms with van der Waals surface area (Å²) in [5.41, 5.74) is 1.79. The van der Waals surface area contributed by atoms with Gasteiger partial charge >= 0.3 is 0 Å². The monoisotopic (exact) mass is 526 g/mol. The van der Waals surface area contributed by atoms with E-state index >= 15 is 13.2 Å². The fourth-order valence-electron chi connectivity index (χ4n) is 7.45. The average Bonchev–Trinajstić information content (AvgIpc) is 3.31. The zero-order chi connectivity index (χ0) is 26.8. The molecular weight excluding hydrogens is 484 g/mol. The zero-order valence-electron chi connectivity index (χ0n) is 22.9. The number of hydrogen-bond donors (Lipinski definition) is 0. The summed E-state index contributed by atoms with van der Waals surface area (Å²) in [5.74, 6) is -1.65. The largest absolute Gasteiger partial charge is 0.203 e. The summed E-state index contributed by atoms with van der Waals surface area (Å²) in [6, 6.07) is 3.43. The van der Waals surface area contributed by atoms with Crippen LogP contribution in [-0.2, 0) is 12.8 Å². The fourth-order valence-corrected chi connectivity index (χ4v) is 7.45. The van der Waals surface area contributed by atoms with Crippen LogP contribution < -0.4 is 0 Å². The lowest BCUT2D eigenvalue weighted by molar-refractivity contribution is 0.245. The molecular formula is C34H42F4. The molecule has 0 heterocycles. The number of hydrogen-bond acceptors (Lipinski definition) is 0. The van der Waals surface area contributed by atoms with Crippen molar-refractivity contribution in [3.8, 4) is 11.1 Å². The van der Waals surface area contributed by atoms with Crippen LogP contribution in [0.1, 0.15) is 119 Å². The van der Waals surface area contributed by atoms with E-state index in [2.05, 4.69) is 19.6 Å². The van der Waals surface area contributed by atoms with E-state index in [9.17, 15) is 4.39 Å². The van der Waals surface area contributed by atoms with Gasteiger partial charge < -0.3 is 0 Å². The molecule has 0 unspecified atom stereocenters. The standard InChI is InChI=1S/C34H42F4/c1-3-5-6-7-25-18-26-19-27-20-28(32(36)34(38)30(27)29(26)33(37)31(25)35)24-16-14-23(15-17-24)13-12-22-10-8-21(4-2)9-11-22/h4,18,20-24H,2-3,5-17,19H2,1H3. The maximum absolute atomic E-state index is 15.4. The van der Waals surface area contributed by atoms with Crippen LogP contribution in [0.3, 0.4) is 0 Å². The minimum absolute atomic E-state index is 0.0102. The molecule has 38 heavy (non-hydrogen) atoms. The van der Waals surface area contributed by atoms with Crippen LogP contribution >= 0.6 is 0 Å². The van der Waals surface area contributed by atoms with Gasteiger partial charge in [0.1, 0.15) is 0 Å². The number of rotatable bonds is 9. The van der Waals surface area contributed by atoms with Crippen LogP contribution in [0.4, 0.5) is 17.6 Å². The highest BCUT2D eigenvalue weighted by atomic mass is 19.2. The average molecular weight is 527 g/mol. The van der Waals surface area contributed by atoms with Crippen molar-refractivity contribution in [3.05, 3.63) is 70.3 Å². The Morgan fingerprint density at radius 1 is 0.737 bits per heavy atom. The highest BCUT2D eigenvalue weighted by molar-refractivity contribution is 5.79. The third-order valence-corrected chi connectivity index (χ3v) is 9.86. The molecule has 0 spiro atoms. The summed E-state index contributed by atoms with van der Waals surface area (Å²) in [5, 5.41) is 0. The number of aryl methyl sites for hydroxylation is 1. The second-order valence-electron chi connectivity index (χ2n) is 12.3. The summed E-state index contributed by atoms with van der Waals surface area (Å²) >= 11 is 0. The maximum Gasteiger partial charge on any atom is 0.167 e. The molecule has 0 saturated heterocycles. The molecule has 206 valence electrons. The molecule has 0 N–H and O–H groups in total. The first kappa shape index (κ1) is 27.5. The summed E-state index contributed by atoms with van der Waals surface area (Å²) in [6.07, 6.45) is 17.1. The van der Waals surface area contributed by atoms with Gasteiger partial charge in [0.25, 0.3) is 0 Å². The van der Waals surface area contributed by atoms with Gasteiger partial charge in [0.05, 0.1) is 0 Å². The van der Waals surface area contributed by atoms with Crippen molar-refractivity contribution in [2.45, 2.75) is 109 Å². The Morgan fingerprint density at radius 3 is 1.92 bits per heavy atom. The van der Waals surface area contributed by atoms with Crippen molar-refractivity contribution >= 4 is 0 Å². The first-order valence-corrected chi connectivity index (χ1v) is 15.0. The first-order chi connectivity index (χ1) is 18.4. The molecule has 2 saturated carbocycles. The molecule has 4 heteroatoms. The van der Waals surface area contributed by atoms with Gasteiger partial charge in [0.15, 0.2) is 23.3 Å². The number of unbranched alkanes of at least 4 members (excludes halogenated alkanes) is 2. The lowest BCUT2D eigenvalue weighted by atomic mass is 9.74. The molecule has 0 nitrogen and oxygen atoms in total. The molecule has 5 rings (SSSR count). The topological polar surface area (TPSA) is 0 Å². The van der Waals surface area contributed by atoms with Crippen LogP contribution in [0, 0.1) is 41.0 Å². The van der Waals surface area contributed by atoms with Gasteiger partial charge in [-0.2, -0.15) is 0 Å². The van der Waals surface area contributed by atoms with Crippen molar-refractivity contribution in [3.63, 3.8) is 0 Å². The molecule has 0 atom stereocenters. The van der Waals surface area contributed by atoms with Crippen LogP contribution in [0.2, 0.25) is 0 Å². The summed E-state index contributed by atoms with van der Waals surface area (Å²) in [4.78, 5) is 0. The van der Waals surface area contributed by atoms with E-state index in [4.69, 9.17) is 0 Å². The van der Waals surface area contributed by atoms with Crippen molar-refractivity contribution in [1.82, 2.24) is 0 Å². The molecule has 0 radical (unpaired) electrons. The fraction of sp³-hybridized carbons (Fsp3) is 0.588. The van der Waals surface area contributed by atoms with Gasteiger partial charge in [0, 0.05) is 11.1 Å². The Balaban J connectivity index is 1.25. The first-order valence-electron chi connectivity index (χ1n) is 15.0. The van der Waals surface area contributed by atoms with Crippen LogP contribution in [-0.4, -0.2) is 0 Å². The van der Waals surface area contributed by atoms with Crippen molar-refractivity contribution < 1.29 is 17.6 Å². The van der Waals surface area contributed by atoms with E-state index in [0.29, 0.717) is 46.9 Å². The Kier molecular flexibility index (Phi) is 8.65. The van der Waals surface area contributed by atoms with E-state index in [1.54, 1.807) is 12.1 Å². The predicted molar refractivity (Wildman–Crippen MR) is 147 cm³/mol. The minimum atomic E-state index is -1.03. The van der Waals surface area contributed by atoms with E-state index in [0.717, 1.165) is 50.9 Å². The zero-order valence-corrected chi connectivity index (χ0v) is 22.9. The Labute approximate surface area is 225 Å². The number of allylic oxidation sites excluding steroid dienone is 1.